The molecule has 0 aliphatic rings. The highest BCUT2D eigenvalue weighted by Crippen LogP contribution is 1.81. The summed E-state index contributed by atoms with van der Waals surface area (Å²) in [6.07, 6.45) is 0.682. The SMILES string of the molecule is C[C@H](O)/C=C/B(O)O. The highest BCUT2D eigenvalue weighted by atomic mass is 16.4. The van der Waals surface area contributed by atoms with E-state index in [1.807, 2.05) is 0 Å². The first kappa shape index (κ1) is 7.68. The molecular formula is C4H9BO3. The van der Waals surface area contributed by atoms with Crippen LogP contribution in [0.15, 0.2) is 12.1 Å². The van der Waals surface area contributed by atoms with Crippen LogP contribution >= 0.6 is 0 Å². The monoisotopic (exact) mass is 116 g/mol. The Morgan fingerprint density at radius 3 is 2.12 bits per heavy atom. The predicted molar refractivity (Wildman–Crippen MR) is 31.0 cm³/mol. The highest BCUT2D eigenvalue weighted by Gasteiger charge is 1.97. The lowest BCUT2D eigenvalue weighted by Crippen LogP contribution is -2.07. The van der Waals surface area contributed by atoms with E-state index in [-0.39, 0.29) is 0 Å². The van der Waals surface area contributed by atoms with Crippen molar-refractivity contribution in [1.82, 2.24) is 0 Å². The number of hydrogen-bond acceptors (Lipinski definition) is 3. The third kappa shape index (κ3) is 5.68. The zero-order valence-electron chi connectivity index (χ0n) is 4.65. The normalized spacial score (nSPS) is 14.5. The molecule has 0 radical (unpaired) electrons. The second-order valence-electron chi connectivity index (χ2n) is 1.54. The van der Waals surface area contributed by atoms with Gasteiger partial charge in [-0.3, -0.25) is 0 Å². The molecule has 3 nitrogen and oxygen atoms in total. The summed E-state index contributed by atoms with van der Waals surface area (Å²) in [5, 5.41) is 24.8. The number of rotatable bonds is 2. The summed E-state index contributed by atoms with van der Waals surface area (Å²) in [4.78, 5) is 0. The smallest absolute Gasteiger partial charge is 0.424 e. The van der Waals surface area contributed by atoms with Crippen molar-refractivity contribution in [3.8, 4) is 0 Å². The molecule has 8 heavy (non-hydrogen) atoms. The van der Waals surface area contributed by atoms with Crippen LogP contribution in [0.2, 0.25) is 0 Å². The largest absolute Gasteiger partial charge is 0.480 e. The van der Waals surface area contributed by atoms with Crippen LogP contribution < -0.4 is 0 Å². The molecule has 1 atom stereocenters. The van der Waals surface area contributed by atoms with Crippen molar-refractivity contribution in [2.24, 2.45) is 0 Å². The minimum atomic E-state index is -1.45. The Bertz CT molecular complexity index is 69.4. The molecule has 0 aromatic rings. The molecule has 0 aliphatic heterocycles. The second-order valence-corrected chi connectivity index (χ2v) is 1.54. The molecule has 0 saturated heterocycles. The molecule has 46 valence electrons. The van der Waals surface area contributed by atoms with Crippen LogP contribution in [-0.2, 0) is 0 Å². The van der Waals surface area contributed by atoms with Gasteiger partial charge in [0.25, 0.3) is 0 Å². The lowest BCUT2D eigenvalue weighted by Gasteiger charge is -1.91. The fourth-order valence-corrected chi connectivity index (χ4v) is 0.260. The van der Waals surface area contributed by atoms with Gasteiger partial charge in [0.15, 0.2) is 0 Å². The maximum atomic E-state index is 8.49. The zero-order chi connectivity index (χ0) is 6.57. The molecule has 3 N–H and O–H groups in total. The van der Waals surface area contributed by atoms with E-state index in [2.05, 4.69) is 0 Å². The molecule has 0 amide bonds. The molecule has 0 saturated carbocycles. The first-order chi connectivity index (χ1) is 3.63. The summed E-state index contributed by atoms with van der Waals surface area (Å²) < 4.78 is 0. The van der Waals surface area contributed by atoms with Gasteiger partial charge in [0, 0.05) is 0 Å². The first-order valence-electron chi connectivity index (χ1n) is 2.35. The average molecular weight is 116 g/mol. The lowest BCUT2D eigenvalue weighted by atomic mass is 9.91. The van der Waals surface area contributed by atoms with Gasteiger partial charge < -0.3 is 15.2 Å². The van der Waals surface area contributed by atoms with Crippen LogP contribution in [0, 0.1) is 0 Å². The number of aliphatic hydroxyl groups excluding tert-OH is 1. The Morgan fingerprint density at radius 1 is 1.50 bits per heavy atom. The van der Waals surface area contributed by atoms with Gasteiger partial charge in [-0.1, -0.05) is 12.1 Å². The Labute approximate surface area is 48.4 Å². The number of aliphatic hydroxyl groups is 1. The second kappa shape index (κ2) is 3.66. The Balaban J connectivity index is 3.34. The summed E-state index contributed by atoms with van der Waals surface area (Å²) in [6, 6.07) is 0. The maximum absolute atomic E-state index is 8.49. The standard InChI is InChI=1S/C4H9BO3/c1-4(6)2-3-5(7)8/h2-4,6-8H,1H3/b3-2+/t4-/m0/s1. The van der Waals surface area contributed by atoms with Gasteiger partial charge in [0.05, 0.1) is 6.10 Å². The van der Waals surface area contributed by atoms with Crippen molar-refractivity contribution >= 4 is 7.12 Å². The predicted octanol–water partition coefficient (Wildman–Crippen LogP) is -1.06. The van der Waals surface area contributed by atoms with Gasteiger partial charge >= 0.3 is 7.12 Å². The summed E-state index contributed by atoms with van der Waals surface area (Å²) in [5.74, 6) is 1.10. The summed E-state index contributed by atoms with van der Waals surface area (Å²) >= 11 is 0. The Kier molecular flexibility index (Phi) is 3.51. The van der Waals surface area contributed by atoms with E-state index in [0.717, 1.165) is 5.98 Å². The molecule has 0 heterocycles. The summed E-state index contributed by atoms with van der Waals surface area (Å²) in [7, 11) is -1.45. The molecule has 0 fully saturated rings. The molecule has 0 unspecified atom stereocenters. The molecule has 0 rings (SSSR count). The van der Waals surface area contributed by atoms with Gasteiger partial charge in [-0.15, -0.1) is 0 Å². The molecular weight excluding hydrogens is 107 g/mol. The van der Waals surface area contributed by atoms with Gasteiger partial charge in [0.1, 0.15) is 0 Å². The molecule has 0 aliphatic carbocycles. The van der Waals surface area contributed by atoms with E-state index in [4.69, 9.17) is 15.2 Å². The topological polar surface area (TPSA) is 60.7 Å². The van der Waals surface area contributed by atoms with Crippen molar-refractivity contribution < 1.29 is 15.2 Å². The quantitative estimate of drug-likeness (QED) is 0.403. The van der Waals surface area contributed by atoms with E-state index < -0.39 is 13.2 Å². The fraction of sp³-hybridized carbons (Fsp3) is 0.500. The summed E-state index contributed by atoms with van der Waals surface area (Å²) in [5.41, 5.74) is 0. The maximum Gasteiger partial charge on any atom is 0.480 e. The minimum absolute atomic E-state index is 0.614. The van der Waals surface area contributed by atoms with E-state index >= 15 is 0 Å². The van der Waals surface area contributed by atoms with Crippen LogP contribution in [0.4, 0.5) is 0 Å². The van der Waals surface area contributed by atoms with E-state index in [1.165, 1.54) is 13.0 Å². The Hall–Kier alpha value is -0.315. The van der Waals surface area contributed by atoms with Crippen LogP contribution in [-0.4, -0.2) is 28.4 Å². The van der Waals surface area contributed by atoms with Crippen molar-refractivity contribution in [2.45, 2.75) is 13.0 Å². The molecule has 0 bridgehead atoms. The number of hydrogen-bond donors (Lipinski definition) is 3. The van der Waals surface area contributed by atoms with Crippen molar-refractivity contribution in [1.29, 1.82) is 0 Å². The average Bonchev–Trinajstić information content (AvgIpc) is 1.61. The van der Waals surface area contributed by atoms with Crippen LogP contribution in [0.5, 0.6) is 0 Å². The zero-order valence-corrected chi connectivity index (χ0v) is 4.65. The molecule has 0 aromatic carbocycles. The van der Waals surface area contributed by atoms with Crippen LogP contribution in [0.3, 0.4) is 0 Å². The van der Waals surface area contributed by atoms with E-state index in [9.17, 15) is 0 Å². The van der Waals surface area contributed by atoms with Crippen LogP contribution in [0.25, 0.3) is 0 Å². The van der Waals surface area contributed by atoms with E-state index in [0.29, 0.717) is 0 Å². The molecule has 0 aromatic heterocycles. The third-order valence-electron chi connectivity index (χ3n) is 0.562. The van der Waals surface area contributed by atoms with Crippen molar-refractivity contribution in [2.75, 3.05) is 0 Å². The van der Waals surface area contributed by atoms with Crippen LogP contribution in [0.1, 0.15) is 6.92 Å². The first-order valence-corrected chi connectivity index (χ1v) is 2.35. The van der Waals surface area contributed by atoms with Gasteiger partial charge in [-0.05, 0) is 6.92 Å². The third-order valence-corrected chi connectivity index (χ3v) is 0.562. The highest BCUT2D eigenvalue weighted by molar-refractivity contribution is 6.47. The summed E-state index contributed by atoms with van der Waals surface area (Å²) in [6.45, 7) is 1.53. The van der Waals surface area contributed by atoms with Gasteiger partial charge in [-0.2, -0.15) is 0 Å². The van der Waals surface area contributed by atoms with E-state index in [1.54, 1.807) is 0 Å². The molecule has 4 heteroatoms. The van der Waals surface area contributed by atoms with Crippen molar-refractivity contribution in [3.63, 3.8) is 0 Å². The minimum Gasteiger partial charge on any atom is -0.424 e. The molecule has 0 spiro atoms. The van der Waals surface area contributed by atoms with Gasteiger partial charge in [-0.25, -0.2) is 0 Å². The Morgan fingerprint density at radius 2 is 2.00 bits per heavy atom. The fourth-order valence-electron chi connectivity index (χ4n) is 0.260. The lowest BCUT2D eigenvalue weighted by molar-refractivity contribution is 0.244. The van der Waals surface area contributed by atoms with Crippen molar-refractivity contribution in [3.05, 3.63) is 12.1 Å². The van der Waals surface area contributed by atoms with Gasteiger partial charge in [0.2, 0.25) is 0 Å².